The molecule has 116 valence electrons. The summed E-state index contributed by atoms with van der Waals surface area (Å²) in [7, 11) is 0. The Morgan fingerprint density at radius 3 is 2.61 bits per heavy atom. The molecular formula is C16H13FN4O2. The summed E-state index contributed by atoms with van der Waals surface area (Å²) >= 11 is 0. The van der Waals surface area contributed by atoms with Crippen LogP contribution in [0.5, 0.6) is 0 Å². The number of esters is 1. The second kappa shape index (κ2) is 6.78. The van der Waals surface area contributed by atoms with E-state index in [1.165, 1.54) is 10.7 Å². The maximum atomic E-state index is 13.5. The Morgan fingerprint density at radius 2 is 1.83 bits per heavy atom. The lowest BCUT2D eigenvalue weighted by molar-refractivity contribution is -0.144. The van der Waals surface area contributed by atoms with E-state index < -0.39 is 11.8 Å². The van der Waals surface area contributed by atoms with Crippen molar-refractivity contribution in [2.45, 2.75) is 13.0 Å². The molecule has 0 aliphatic rings. The van der Waals surface area contributed by atoms with Crippen LogP contribution < -0.4 is 0 Å². The first kappa shape index (κ1) is 14.8. The average molecular weight is 312 g/mol. The van der Waals surface area contributed by atoms with E-state index in [-0.39, 0.29) is 13.0 Å². The van der Waals surface area contributed by atoms with Crippen LogP contribution in [-0.4, -0.2) is 26.2 Å². The predicted octanol–water partition coefficient (Wildman–Crippen LogP) is 2.09. The van der Waals surface area contributed by atoms with Crippen molar-refractivity contribution in [1.82, 2.24) is 20.2 Å². The molecule has 1 heterocycles. The van der Waals surface area contributed by atoms with Gasteiger partial charge in [0.25, 0.3) is 0 Å². The molecule has 0 bridgehead atoms. The number of tetrazole rings is 1. The first-order valence-electron chi connectivity index (χ1n) is 6.96. The van der Waals surface area contributed by atoms with Crippen molar-refractivity contribution in [2.75, 3.05) is 0 Å². The Kier molecular flexibility index (Phi) is 4.37. The largest absolute Gasteiger partial charge is 0.457 e. The number of benzene rings is 2. The van der Waals surface area contributed by atoms with Crippen molar-refractivity contribution in [1.29, 1.82) is 0 Å². The van der Waals surface area contributed by atoms with Crippen molar-refractivity contribution >= 4 is 5.97 Å². The van der Waals surface area contributed by atoms with Gasteiger partial charge < -0.3 is 4.74 Å². The molecule has 0 aliphatic heterocycles. The number of halogens is 1. The molecule has 0 N–H and O–H groups in total. The summed E-state index contributed by atoms with van der Waals surface area (Å²) in [4.78, 5) is 11.8. The van der Waals surface area contributed by atoms with Gasteiger partial charge in [-0.25, -0.2) is 4.39 Å². The smallest absolute Gasteiger partial charge is 0.310 e. The van der Waals surface area contributed by atoms with Gasteiger partial charge in [0.1, 0.15) is 5.82 Å². The zero-order valence-electron chi connectivity index (χ0n) is 12.1. The van der Waals surface area contributed by atoms with Crippen LogP contribution in [0.15, 0.2) is 54.6 Å². The summed E-state index contributed by atoms with van der Waals surface area (Å²) in [6.45, 7) is -0.0881. The van der Waals surface area contributed by atoms with E-state index in [0.29, 0.717) is 11.4 Å². The maximum absolute atomic E-state index is 13.5. The van der Waals surface area contributed by atoms with Gasteiger partial charge in [-0.05, 0) is 34.2 Å². The van der Waals surface area contributed by atoms with E-state index in [0.717, 1.165) is 5.69 Å². The molecule has 7 heteroatoms. The lowest BCUT2D eigenvalue weighted by Crippen LogP contribution is -2.12. The van der Waals surface area contributed by atoms with Gasteiger partial charge in [0.15, 0.2) is 12.4 Å². The van der Waals surface area contributed by atoms with Crippen LogP contribution in [0.25, 0.3) is 5.69 Å². The summed E-state index contributed by atoms with van der Waals surface area (Å²) in [6.07, 6.45) is -0.139. The molecule has 1 aromatic heterocycles. The standard InChI is InChI=1S/C16H13FN4O2/c17-14-9-5-4-6-12(14)10-16(22)23-11-15-18-19-20-21(15)13-7-2-1-3-8-13/h1-9H,10-11H2. The molecule has 3 aromatic rings. The third kappa shape index (κ3) is 3.57. The van der Waals surface area contributed by atoms with E-state index in [4.69, 9.17) is 4.74 Å². The normalized spacial score (nSPS) is 10.5. The number of aromatic nitrogens is 4. The number of carbonyl (C=O) groups is 1. The van der Waals surface area contributed by atoms with Crippen molar-refractivity contribution in [3.8, 4) is 5.69 Å². The molecule has 23 heavy (non-hydrogen) atoms. The number of hydrogen-bond acceptors (Lipinski definition) is 5. The summed E-state index contributed by atoms with van der Waals surface area (Å²) < 4.78 is 20.1. The van der Waals surface area contributed by atoms with Gasteiger partial charge in [0.05, 0.1) is 12.1 Å². The highest BCUT2D eigenvalue weighted by Gasteiger charge is 2.13. The first-order chi connectivity index (χ1) is 11.2. The summed E-state index contributed by atoms with van der Waals surface area (Å²) in [5.41, 5.74) is 1.05. The van der Waals surface area contributed by atoms with E-state index in [1.807, 2.05) is 30.3 Å². The third-order valence-electron chi connectivity index (χ3n) is 3.19. The molecule has 0 radical (unpaired) electrons. The molecule has 0 unspecified atom stereocenters. The Hall–Kier alpha value is -3.09. The number of hydrogen-bond donors (Lipinski definition) is 0. The number of rotatable bonds is 5. The molecule has 0 aliphatic carbocycles. The van der Waals surface area contributed by atoms with Crippen molar-refractivity contribution in [3.05, 3.63) is 71.8 Å². The molecular weight excluding hydrogens is 299 g/mol. The van der Waals surface area contributed by atoms with Gasteiger partial charge in [-0.3, -0.25) is 4.79 Å². The maximum Gasteiger partial charge on any atom is 0.310 e. The highest BCUT2D eigenvalue weighted by atomic mass is 19.1. The highest BCUT2D eigenvalue weighted by molar-refractivity contribution is 5.72. The minimum atomic E-state index is -0.544. The number of para-hydroxylation sites is 1. The van der Waals surface area contributed by atoms with E-state index in [9.17, 15) is 9.18 Å². The van der Waals surface area contributed by atoms with Gasteiger partial charge in [0.2, 0.25) is 0 Å². The second-order valence-electron chi connectivity index (χ2n) is 4.77. The quantitative estimate of drug-likeness (QED) is 0.675. The lowest BCUT2D eigenvalue weighted by atomic mass is 10.1. The van der Waals surface area contributed by atoms with Gasteiger partial charge in [-0.15, -0.1) is 5.10 Å². The van der Waals surface area contributed by atoms with Crippen molar-refractivity contribution in [2.24, 2.45) is 0 Å². The number of ether oxygens (including phenoxy) is 1. The van der Waals surface area contributed by atoms with Gasteiger partial charge >= 0.3 is 5.97 Å². The van der Waals surface area contributed by atoms with Gasteiger partial charge in [-0.2, -0.15) is 4.68 Å². The zero-order valence-corrected chi connectivity index (χ0v) is 12.1. The first-order valence-corrected chi connectivity index (χ1v) is 6.96. The van der Waals surface area contributed by atoms with Crippen LogP contribution in [0.1, 0.15) is 11.4 Å². The topological polar surface area (TPSA) is 69.9 Å². The van der Waals surface area contributed by atoms with Crippen LogP contribution in [0, 0.1) is 5.82 Å². The lowest BCUT2D eigenvalue weighted by Gasteiger charge is -2.06. The summed E-state index contributed by atoms with van der Waals surface area (Å²) in [5, 5.41) is 11.3. The van der Waals surface area contributed by atoms with Crippen LogP contribution in [0.2, 0.25) is 0 Å². The molecule has 0 amide bonds. The van der Waals surface area contributed by atoms with Crippen molar-refractivity contribution in [3.63, 3.8) is 0 Å². The van der Waals surface area contributed by atoms with Crippen LogP contribution in [0.3, 0.4) is 0 Å². The molecule has 0 spiro atoms. The van der Waals surface area contributed by atoms with Crippen molar-refractivity contribution < 1.29 is 13.9 Å². The van der Waals surface area contributed by atoms with E-state index in [1.54, 1.807) is 18.2 Å². The fourth-order valence-electron chi connectivity index (χ4n) is 2.06. The zero-order chi connectivity index (χ0) is 16.1. The molecule has 3 rings (SSSR count). The second-order valence-corrected chi connectivity index (χ2v) is 4.77. The molecule has 0 atom stereocenters. The molecule has 0 saturated carbocycles. The Bertz CT molecular complexity index is 805. The predicted molar refractivity (Wildman–Crippen MR) is 79.1 cm³/mol. The Labute approximate surface area is 131 Å². The molecule has 6 nitrogen and oxygen atoms in total. The minimum absolute atomic E-state index is 0.0881. The Balaban J connectivity index is 1.64. The van der Waals surface area contributed by atoms with E-state index >= 15 is 0 Å². The SMILES string of the molecule is O=C(Cc1ccccc1F)OCc1nnnn1-c1ccccc1. The van der Waals surface area contributed by atoms with Gasteiger partial charge in [-0.1, -0.05) is 36.4 Å². The van der Waals surface area contributed by atoms with Crippen LogP contribution in [-0.2, 0) is 22.6 Å². The van der Waals surface area contributed by atoms with E-state index in [2.05, 4.69) is 15.5 Å². The summed E-state index contributed by atoms with van der Waals surface area (Å²) in [6, 6.07) is 15.3. The third-order valence-corrected chi connectivity index (χ3v) is 3.19. The fourth-order valence-corrected chi connectivity index (χ4v) is 2.06. The number of nitrogens with zero attached hydrogens (tertiary/aromatic N) is 4. The highest BCUT2D eigenvalue weighted by Crippen LogP contribution is 2.10. The molecule has 0 fully saturated rings. The van der Waals surface area contributed by atoms with Crippen LogP contribution >= 0.6 is 0 Å². The van der Waals surface area contributed by atoms with Crippen LogP contribution in [0.4, 0.5) is 4.39 Å². The van der Waals surface area contributed by atoms with Gasteiger partial charge in [0, 0.05) is 0 Å². The average Bonchev–Trinajstić information content (AvgIpc) is 3.04. The number of carbonyl (C=O) groups excluding carboxylic acids is 1. The molecule has 2 aromatic carbocycles. The molecule has 0 saturated heterocycles. The Morgan fingerprint density at radius 1 is 1.09 bits per heavy atom. The monoisotopic (exact) mass is 312 g/mol. The minimum Gasteiger partial charge on any atom is -0.457 e. The summed E-state index contributed by atoms with van der Waals surface area (Å²) in [5.74, 6) is -0.589. The fraction of sp³-hybridized carbons (Fsp3) is 0.125.